The van der Waals surface area contributed by atoms with Crippen molar-refractivity contribution in [1.82, 2.24) is 4.72 Å². The molecule has 16 heavy (non-hydrogen) atoms. The van der Waals surface area contributed by atoms with Gasteiger partial charge in [-0.2, -0.15) is 0 Å². The summed E-state index contributed by atoms with van der Waals surface area (Å²) in [6.07, 6.45) is 1.55. The Bertz CT molecular complexity index is 438. The second-order valence-electron chi connectivity index (χ2n) is 3.58. The fraction of sp³-hybridized carbons (Fsp3) is 0.273. The Hall–Kier alpha value is -1.17. The molecule has 0 saturated heterocycles. The van der Waals surface area contributed by atoms with Gasteiger partial charge in [-0.25, -0.2) is 13.1 Å². The summed E-state index contributed by atoms with van der Waals surface area (Å²) >= 11 is 0. The predicted molar refractivity (Wildman–Crippen MR) is 66.0 cm³/mol. The number of nitrogens with two attached hydrogens (primary N) is 1. The molecule has 0 radical (unpaired) electrons. The average Bonchev–Trinajstić information content (AvgIpc) is 2.26. The van der Waals surface area contributed by atoms with E-state index in [1.54, 1.807) is 13.0 Å². The molecule has 0 bridgehead atoms. The minimum atomic E-state index is -3.39. The summed E-state index contributed by atoms with van der Waals surface area (Å²) in [5.41, 5.74) is 6.30. The molecule has 1 aromatic carbocycles. The van der Waals surface area contributed by atoms with Gasteiger partial charge in [0.15, 0.2) is 0 Å². The normalized spacial score (nSPS) is 14.1. The third kappa shape index (κ3) is 5.06. The van der Waals surface area contributed by atoms with Crippen LogP contribution >= 0.6 is 0 Å². The van der Waals surface area contributed by atoms with E-state index >= 15 is 0 Å². The van der Waals surface area contributed by atoms with Gasteiger partial charge in [-0.1, -0.05) is 30.3 Å². The zero-order valence-corrected chi connectivity index (χ0v) is 9.94. The summed E-state index contributed by atoms with van der Waals surface area (Å²) in [7, 11) is -3.39. The van der Waals surface area contributed by atoms with Crippen LogP contribution in [0.3, 0.4) is 0 Å². The van der Waals surface area contributed by atoms with Crippen molar-refractivity contribution in [2.75, 3.05) is 6.54 Å². The highest BCUT2D eigenvalue weighted by atomic mass is 32.2. The summed E-state index contributed by atoms with van der Waals surface area (Å²) in [4.78, 5) is 0. The average molecular weight is 240 g/mol. The van der Waals surface area contributed by atoms with Gasteiger partial charge in [0.2, 0.25) is 10.0 Å². The standard InChI is InChI=1S/C11H16N2O2S/c1-10(12)9-13-16(14,15)8-7-11-5-3-2-4-6-11/h2-8,10,13H,9,12H2,1H3. The lowest BCUT2D eigenvalue weighted by molar-refractivity contribution is 0.583. The van der Waals surface area contributed by atoms with Crippen LogP contribution in [-0.4, -0.2) is 21.0 Å². The van der Waals surface area contributed by atoms with Crippen LogP contribution in [0.1, 0.15) is 12.5 Å². The van der Waals surface area contributed by atoms with E-state index in [1.165, 1.54) is 0 Å². The topological polar surface area (TPSA) is 72.2 Å². The lowest BCUT2D eigenvalue weighted by Crippen LogP contribution is -2.34. The van der Waals surface area contributed by atoms with E-state index in [2.05, 4.69) is 4.72 Å². The molecule has 0 aromatic heterocycles. The molecule has 1 aromatic rings. The van der Waals surface area contributed by atoms with Gasteiger partial charge < -0.3 is 5.73 Å². The van der Waals surface area contributed by atoms with Crippen molar-refractivity contribution in [2.24, 2.45) is 5.73 Å². The van der Waals surface area contributed by atoms with Crippen molar-refractivity contribution in [3.8, 4) is 0 Å². The van der Waals surface area contributed by atoms with Crippen LogP contribution in [0.5, 0.6) is 0 Å². The van der Waals surface area contributed by atoms with Gasteiger partial charge in [-0.3, -0.25) is 0 Å². The van der Waals surface area contributed by atoms with Crippen LogP contribution < -0.4 is 10.5 Å². The Kier molecular flexibility index (Phi) is 4.67. The third-order valence-electron chi connectivity index (χ3n) is 1.85. The molecule has 1 rings (SSSR count). The fourth-order valence-corrected chi connectivity index (χ4v) is 1.96. The number of hydrogen-bond donors (Lipinski definition) is 2. The van der Waals surface area contributed by atoms with Gasteiger partial charge >= 0.3 is 0 Å². The van der Waals surface area contributed by atoms with Crippen LogP contribution in [-0.2, 0) is 10.0 Å². The maximum absolute atomic E-state index is 11.5. The molecule has 0 aliphatic heterocycles. The molecular formula is C11H16N2O2S. The number of benzene rings is 1. The second-order valence-corrected chi connectivity index (χ2v) is 5.24. The summed E-state index contributed by atoms with van der Waals surface area (Å²) < 4.78 is 25.3. The van der Waals surface area contributed by atoms with Crippen molar-refractivity contribution in [3.63, 3.8) is 0 Å². The molecule has 0 saturated carbocycles. The van der Waals surface area contributed by atoms with E-state index < -0.39 is 10.0 Å². The van der Waals surface area contributed by atoms with Crippen LogP contribution in [0.2, 0.25) is 0 Å². The number of hydrogen-bond acceptors (Lipinski definition) is 3. The lowest BCUT2D eigenvalue weighted by Gasteiger charge is -2.05. The quantitative estimate of drug-likeness (QED) is 0.804. The zero-order chi connectivity index (χ0) is 12.0. The Morgan fingerprint density at radius 1 is 1.38 bits per heavy atom. The first-order valence-electron chi connectivity index (χ1n) is 4.98. The van der Waals surface area contributed by atoms with Crippen molar-refractivity contribution in [1.29, 1.82) is 0 Å². The fourth-order valence-electron chi connectivity index (χ4n) is 1.03. The molecule has 0 aliphatic rings. The van der Waals surface area contributed by atoms with Crippen molar-refractivity contribution in [2.45, 2.75) is 13.0 Å². The molecule has 88 valence electrons. The predicted octanol–water partition coefficient (Wildman–Crippen LogP) is 0.924. The van der Waals surface area contributed by atoms with Crippen LogP contribution in [0.25, 0.3) is 6.08 Å². The Morgan fingerprint density at radius 2 is 2.00 bits per heavy atom. The molecule has 0 fully saturated rings. The first-order chi connectivity index (χ1) is 7.49. The van der Waals surface area contributed by atoms with Gasteiger partial charge in [0.1, 0.15) is 0 Å². The number of rotatable bonds is 5. The molecule has 0 aliphatic carbocycles. The molecule has 3 N–H and O–H groups in total. The molecule has 5 heteroatoms. The molecule has 1 atom stereocenters. The minimum Gasteiger partial charge on any atom is -0.327 e. The zero-order valence-electron chi connectivity index (χ0n) is 9.13. The van der Waals surface area contributed by atoms with Gasteiger partial charge in [0.05, 0.1) is 0 Å². The van der Waals surface area contributed by atoms with Crippen molar-refractivity contribution >= 4 is 16.1 Å². The smallest absolute Gasteiger partial charge is 0.233 e. The molecule has 4 nitrogen and oxygen atoms in total. The van der Waals surface area contributed by atoms with Gasteiger partial charge in [-0.05, 0) is 18.6 Å². The summed E-state index contributed by atoms with van der Waals surface area (Å²) in [6.45, 7) is 1.98. The second kappa shape index (κ2) is 5.79. The third-order valence-corrected chi connectivity index (χ3v) is 2.91. The first-order valence-corrected chi connectivity index (χ1v) is 6.52. The minimum absolute atomic E-state index is 0.195. The molecule has 1 unspecified atom stereocenters. The van der Waals surface area contributed by atoms with Gasteiger partial charge in [-0.15, -0.1) is 0 Å². The van der Waals surface area contributed by atoms with E-state index in [9.17, 15) is 8.42 Å². The van der Waals surface area contributed by atoms with E-state index in [-0.39, 0.29) is 12.6 Å². The van der Waals surface area contributed by atoms with Crippen LogP contribution in [0, 0.1) is 0 Å². The SMILES string of the molecule is CC(N)CNS(=O)(=O)C=Cc1ccccc1. The Balaban J connectivity index is 2.63. The van der Waals surface area contributed by atoms with E-state index in [0.717, 1.165) is 11.0 Å². The summed E-state index contributed by atoms with van der Waals surface area (Å²) in [5.74, 6) is 0. The molecule has 0 heterocycles. The highest BCUT2D eigenvalue weighted by Crippen LogP contribution is 2.02. The Labute approximate surface area is 96.2 Å². The van der Waals surface area contributed by atoms with Crippen molar-refractivity contribution < 1.29 is 8.42 Å². The highest BCUT2D eigenvalue weighted by molar-refractivity contribution is 7.92. The lowest BCUT2D eigenvalue weighted by atomic mass is 10.2. The number of nitrogens with one attached hydrogen (secondary N) is 1. The largest absolute Gasteiger partial charge is 0.327 e. The summed E-state index contributed by atoms with van der Waals surface area (Å²) in [5, 5.41) is 1.14. The maximum Gasteiger partial charge on any atom is 0.233 e. The summed E-state index contributed by atoms with van der Waals surface area (Å²) in [6, 6.07) is 9.04. The monoisotopic (exact) mass is 240 g/mol. The maximum atomic E-state index is 11.5. The molecule has 0 amide bonds. The van der Waals surface area contributed by atoms with Crippen LogP contribution in [0.4, 0.5) is 0 Å². The first kappa shape index (κ1) is 12.9. The molecular weight excluding hydrogens is 224 g/mol. The highest BCUT2D eigenvalue weighted by Gasteiger charge is 2.05. The van der Waals surface area contributed by atoms with Crippen molar-refractivity contribution in [3.05, 3.63) is 41.3 Å². The van der Waals surface area contributed by atoms with Gasteiger partial charge in [0.25, 0.3) is 0 Å². The van der Waals surface area contributed by atoms with E-state index in [1.807, 2.05) is 30.3 Å². The van der Waals surface area contributed by atoms with Gasteiger partial charge in [0, 0.05) is 18.0 Å². The van der Waals surface area contributed by atoms with Crippen LogP contribution in [0.15, 0.2) is 35.7 Å². The Morgan fingerprint density at radius 3 is 2.56 bits per heavy atom. The van der Waals surface area contributed by atoms with E-state index in [0.29, 0.717) is 0 Å². The molecule has 0 spiro atoms. The van der Waals surface area contributed by atoms with E-state index in [4.69, 9.17) is 5.73 Å². The number of sulfonamides is 1.